The van der Waals surface area contributed by atoms with Crippen LogP contribution in [0.2, 0.25) is 0 Å². The number of hydrogen-bond acceptors (Lipinski definition) is 1. The average Bonchev–Trinajstić information content (AvgIpc) is 3.74. The maximum Gasteiger partial charge on any atom is 0.137 e. The van der Waals surface area contributed by atoms with Crippen LogP contribution in [0, 0.1) is 0 Å². The smallest absolute Gasteiger partial charge is 0.137 e. The molecule has 0 aliphatic heterocycles. The highest BCUT2D eigenvalue weighted by Gasteiger charge is 2.21. The minimum Gasteiger partial charge on any atom is -0.309 e. The number of rotatable bonds is 3. The minimum atomic E-state index is 0.923. The summed E-state index contributed by atoms with van der Waals surface area (Å²) in [4.78, 5) is 4.75. The lowest BCUT2D eigenvalue weighted by atomic mass is 10.1. The number of pyridine rings is 1. The number of aromatic nitrogens is 4. The number of benzene rings is 6. The Labute approximate surface area is 258 Å². The van der Waals surface area contributed by atoms with E-state index in [2.05, 4.69) is 159 Å². The van der Waals surface area contributed by atoms with Crippen LogP contribution in [0.15, 0.2) is 158 Å². The van der Waals surface area contributed by atoms with E-state index in [1.165, 1.54) is 60.1 Å². The summed E-state index contributed by atoms with van der Waals surface area (Å²) in [6.07, 6.45) is 1.87. The van der Waals surface area contributed by atoms with Crippen molar-refractivity contribution in [2.45, 2.75) is 0 Å². The molecule has 45 heavy (non-hydrogen) atoms. The fourth-order valence-corrected chi connectivity index (χ4v) is 7.48. The van der Waals surface area contributed by atoms with E-state index < -0.39 is 0 Å². The summed E-state index contributed by atoms with van der Waals surface area (Å²) < 4.78 is 7.10. The molecule has 0 aliphatic rings. The molecule has 6 aromatic carbocycles. The Balaban J connectivity index is 1.32. The van der Waals surface area contributed by atoms with Gasteiger partial charge in [0.15, 0.2) is 0 Å². The second kappa shape index (κ2) is 9.18. The molecule has 210 valence electrons. The van der Waals surface area contributed by atoms with Gasteiger partial charge >= 0.3 is 0 Å². The number of hydrogen-bond donors (Lipinski definition) is 0. The van der Waals surface area contributed by atoms with Crippen molar-refractivity contribution in [3.05, 3.63) is 158 Å². The molecule has 10 rings (SSSR count). The summed E-state index contributed by atoms with van der Waals surface area (Å²) in [6, 6.07) is 54.4. The maximum atomic E-state index is 4.75. The summed E-state index contributed by atoms with van der Waals surface area (Å²) in [5.74, 6) is 0.923. The molecule has 0 aliphatic carbocycles. The summed E-state index contributed by atoms with van der Waals surface area (Å²) >= 11 is 0. The highest BCUT2D eigenvalue weighted by Crippen LogP contribution is 2.43. The minimum absolute atomic E-state index is 0.923. The first-order valence-electron chi connectivity index (χ1n) is 15.3. The van der Waals surface area contributed by atoms with Crippen LogP contribution in [-0.2, 0) is 0 Å². The summed E-state index contributed by atoms with van der Waals surface area (Å²) in [6.45, 7) is 0. The van der Waals surface area contributed by atoms with Gasteiger partial charge in [0, 0.05) is 49.9 Å². The predicted molar refractivity (Wildman–Crippen MR) is 187 cm³/mol. The molecule has 4 nitrogen and oxygen atoms in total. The SMILES string of the molecule is c1ccc(-n2c3ccccc3c3cc(-n4c5ccccc5c5c6c7ccccc7n(-c7ccccn7)c6ccc54)ccc32)cc1. The molecule has 0 saturated heterocycles. The largest absolute Gasteiger partial charge is 0.309 e. The highest BCUT2D eigenvalue weighted by molar-refractivity contribution is 6.29. The molecule has 0 saturated carbocycles. The van der Waals surface area contributed by atoms with E-state index in [1.807, 2.05) is 12.3 Å². The van der Waals surface area contributed by atoms with Crippen LogP contribution in [0.4, 0.5) is 0 Å². The normalized spacial score (nSPS) is 12.0. The van der Waals surface area contributed by atoms with Crippen molar-refractivity contribution in [2.24, 2.45) is 0 Å². The van der Waals surface area contributed by atoms with Gasteiger partial charge in [0.2, 0.25) is 0 Å². The van der Waals surface area contributed by atoms with Crippen molar-refractivity contribution in [1.29, 1.82) is 0 Å². The number of fused-ring (bicyclic) bond motifs is 10. The number of para-hydroxylation sites is 4. The van der Waals surface area contributed by atoms with Crippen molar-refractivity contribution < 1.29 is 0 Å². The molecule has 0 fully saturated rings. The van der Waals surface area contributed by atoms with Crippen LogP contribution >= 0.6 is 0 Å². The second-order valence-electron chi connectivity index (χ2n) is 11.6. The first-order valence-corrected chi connectivity index (χ1v) is 15.3. The van der Waals surface area contributed by atoms with Crippen LogP contribution in [0.5, 0.6) is 0 Å². The molecule has 0 amide bonds. The second-order valence-corrected chi connectivity index (χ2v) is 11.6. The first kappa shape index (κ1) is 24.3. The van der Waals surface area contributed by atoms with Crippen molar-refractivity contribution >= 4 is 65.4 Å². The van der Waals surface area contributed by atoms with Gasteiger partial charge in [-0.15, -0.1) is 0 Å². The third-order valence-electron chi connectivity index (χ3n) is 9.28. The fourth-order valence-electron chi connectivity index (χ4n) is 7.48. The van der Waals surface area contributed by atoms with Crippen LogP contribution < -0.4 is 0 Å². The summed E-state index contributed by atoms with van der Waals surface area (Å²) in [5, 5.41) is 7.48. The summed E-state index contributed by atoms with van der Waals surface area (Å²) in [7, 11) is 0. The lowest BCUT2D eigenvalue weighted by Gasteiger charge is -2.10. The Hall–Kier alpha value is -6.13. The van der Waals surface area contributed by atoms with E-state index in [9.17, 15) is 0 Å². The van der Waals surface area contributed by atoms with Gasteiger partial charge in [-0.05, 0) is 72.8 Å². The van der Waals surface area contributed by atoms with Gasteiger partial charge in [-0.3, -0.25) is 4.57 Å². The zero-order valence-corrected chi connectivity index (χ0v) is 24.3. The Morgan fingerprint density at radius 2 is 0.844 bits per heavy atom. The number of nitrogens with zero attached hydrogens (tertiary/aromatic N) is 4. The van der Waals surface area contributed by atoms with E-state index in [1.54, 1.807) is 0 Å². The van der Waals surface area contributed by atoms with E-state index in [-0.39, 0.29) is 0 Å². The predicted octanol–water partition coefficient (Wildman–Crippen LogP) is 10.4. The maximum absolute atomic E-state index is 4.75. The van der Waals surface area contributed by atoms with Crippen LogP contribution in [0.3, 0.4) is 0 Å². The Morgan fingerprint density at radius 3 is 1.53 bits per heavy atom. The lowest BCUT2D eigenvalue weighted by Crippen LogP contribution is -1.97. The fraction of sp³-hybridized carbons (Fsp3) is 0. The van der Waals surface area contributed by atoms with Crippen LogP contribution in [-0.4, -0.2) is 18.7 Å². The Bertz CT molecular complexity index is 2750. The Morgan fingerprint density at radius 1 is 0.333 bits per heavy atom. The average molecular weight is 575 g/mol. The highest BCUT2D eigenvalue weighted by atomic mass is 15.1. The molecule has 10 aromatic rings. The van der Waals surface area contributed by atoms with Gasteiger partial charge in [0.05, 0.1) is 33.1 Å². The standard InChI is InChI=1S/C41H26N4/c1-2-12-27(13-3-1)43-33-17-7-4-14-29(33)32-26-28(21-22-36(32)43)44-34-18-8-5-15-30(34)40-37(44)23-24-38-41(40)31-16-6-9-19-35(31)45(38)39-20-10-11-25-42-39/h1-26H. The third kappa shape index (κ3) is 3.34. The van der Waals surface area contributed by atoms with E-state index >= 15 is 0 Å². The quantitative estimate of drug-likeness (QED) is 0.206. The van der Waals surface area contributed by atoms with E-state index in [0.717, 1.165) is 22.5 Å². The molecule has 4 heterocycles. The zero-order chi connectivity index (χ0) is 29.5. The molecule has 0 N–H and O–H groups in total. The topological polar surface area (TPSA) is 27.7 Å². The van der Waals surface area contributed by atoms with Crippen molar-refractivity contribution in [2.75, 3.05) is 0 Å². The van der Waals surface area contributed by atoms with Crippen molar-refractivity contribution in [3.8, 4) is 17.2 Å². The first-order chi connectivity index (χ1) is 22.4. The van der Waals surface area contributed by atoms with Gasteiger partial charge in [-0.1, -0.05) is 78.9 Å². The summed E-state index contributed by atoms with van der Waals surface area (Å²) in [5.41, 5.74) is 9.43. The van der Waals surface area contributed by atoms with Crippen molar-refractivity contribution in [3.63, 3.8) is 0 Å². The van der Waals surface area contributed by atoms with E-state index in [4.69, 9.17) is 4.98 Å². The molecule has 0 spiro atoms. The molecule has 4 aromatic heterocycles. The van der Waals surface area contributed by atoms with Crippen LogP contribution in [0.25, 0.3) is 82.6 Å². The van der Waals surface area contributed by atoms with E-state index in [0.29, 0.717) is 0 Å². The molecule has 0 unspecified atom stereocenters. The Kier molecular flexibility index (Phi) is 4.96. The third-order valence-corrected chi connectivity index (χ3v) is 9.28. The molecule has 0 bridgehead atoms. The molecule has 0 atom stereocenters. The monoisotopic (exact) mass is 574 g/mol. The van der Waals surface area contributed by atoms with Gasteiger partial charge in [-0.2, -0.15) is 0 Å². The molecule has 4 heteroatoms. The van der Waals surface area contributed by atoms with Crippen LogP contribution in [0.1, 0.15) is 0 Å². The van der Waals surface area contributed by atoms with Crippen molar-refractivity contribution in [1.82, 2.24) is 18.7 Å². The molecular weight excluding hydrogens is 548 g/mol. The molecule has 0 radical (unpaired) electrons. The van der Waals surface area contributed by atoms with Gasteiger partial charge in [0.1, 0.15) is 5.82 Å². The molecular formula is C41H26N4. The van der Waals surface area contributed by atoms with Gasteiger partial charge in [-0.25, -0.2) is 4.98 Å². The van der Waals surface area contributed by atoms with Gasteiger partial charge in [0.25, 0.3) is 0 Å². The lowest BCUT2D eigenvalue weighted by molar-refractivity contribution is 1.08. The zero-order valence-electron chi connectivity index (χ0n) is 24.3. The van der Waals surface area contributed by atoms with Gasteiger partial charge < -0.3 is 9.13 Å².